The van der Waals surface area contributed by atoms with Crippen molar-refractivity contribution >= 4 is 21.8 Å². The van der Waals surface area contributed by atoms with Gasteiger partial charge >= 0.3 is 6.18 Å². The highest BCUT2D eigenvalue weighted by Gasteiger charge is 2.44. The average Bonchev–Trinajstić information content (AvgIpc) is 3.32. The van der Waals surface area contributed by atoms with Crippen LogP contribution >= 0.6 is 0 Å². The van der Waals surface area contributed by atoms with Crippen molar-refractivity contribution in [3.8, 4) is 0 Å². The second-order valence-electron chi connectivity index (χ2n) is 9.80. The first-order valence-corrected chi connectivity index (χ1v) is 13.2. The molecule has 2 fully saturated rings. The van der Waals surface area contributed by atoms with Crippen molar-refractivity contribution in [3.05, 3.63) is 65.2 Å². The second kappa shape index (κ2) is 9.73. The number of sulfonamides is 1. The van der Waals surface area contributed by atoms with Crippen LogP contribution in [0.2, 0.25) is 0 Å². The minimum absolute atomic E-state index is 0.0427. The molecule has 37 heavy (non-hydrogen) atoms. The van der Waals surface area contributed by atoms with E-state index in [1.165, 1.54) is 48.2 Å². The SMILES string of the molecule is C[C@@H](NC(=O)[C@H]1CCCN1C(=O)c1cccc(S(=O)(=O)N2CC(C)(O)C2)c1)c1ccc(C(F)(F)F)cc1. The summed E-state index contributed by atoms with van der Waals surface area (Å²) >= 11 is 0. The summed E-state index contributed by atoms with van der Waals surface area (Å²) in [6.45, 7) is 3.40. The van der Waals surface area contributed by atoms with Gasteiger partial charge in [0.1, 0.15) is 6.04 Å². The zero-order valence-electron chi connectivity index (χ0n) is 20.3. The van der Waals surface area contributed by atoms with Crippen molar-refractivity contribution in [2.45, 2.75) is 55.4 Å². The Labute approximate surface area is 213 Å². The molecular weight excluding hydrogens is 511 g/mol. The number of amides is 2. The summed E-state index contributed by atoms with van der Waals surface area (Å²) in [5, 5.41) is 12.7. The molecule has 0 unspecified atom stereocenters. The van der Waals surface area contributed by atoms with Crippen LogP contribution in [0, 0.1) is 0 Å². The minimum Gasteiger partial charge on any atom is -0.387 e. The largest absolute Gasteiger partial charge is 0.416 e. The highest BCUT2D eigenvalue weighted by molar-refractivity contribution is 7.89. The maximum absolute atomic E-state index is 13.3. The Bertz CT molecular complexity index is 1290. The molecule has 2 amide bonds. The first kappa shape index (κ1) is 27.1. The minimum atomic E-state index is -4.46. The molecule has 0 saturated carbocycles. The zero-order valence-corrected chi connectivity index (χ0v) is 21.1. The number of halogens is 3. The van der Waals surface area contributed by atoms with E-state index < -0.39 is 51.3 Å². The molecule has 0 aromatic heterocycles. The molecule has 200 valence electrons. The van der Waals surface area contributed by atoms with E-state index in [9.17, 15) is 36.3 Å². The summed E-state index contributed by atoms with van der Waals surface area (Å²) in [5.41, 5.74) is -1.27. The molecule has 2 heterocycles. The molecule has 12 heteroatoms. The van der Waals surface area contributed by atoms with Crippen LogP contribution in [0.4, 0.5) is 13.2 Å². The summed E-state index contributed by atoms with van der Waals surface area (Å²) in [6, 6.07) is 8.69. The molecule has 2 saturated heterocycles. The summed E-state index contributed by atoms with van der Waals surface area (Å²) in [6.07, 6.45) is -3.49. The van der Waals surface area contributed by atoms with E-state index >= 15 is 0 Å². The van der Waals surface area contributed by atoms with Crippen LogP contribution in [0.25, 0.3) is 0 Å². The number of hydrogen-bond donors (Lipinski definition) is 2. The Morgan fingerprint density at radius 2 is 1.78 bits per heavy atom. The quantitative estimate of drug-likeness (QED) is 0.587. The molecule has 2 aromatic rings. The lowest BCUT2D eigenvalue weighted by atomic mass is 10.0. The van der Waals surface area contributed by atoms with Gasteiger partial charge in [-0.25, -0.2) is 8.42 Å². The number of nitrogens with zero attached hydrogens (tertiary/aromatic N) is 2. The van der Waals surface area contributed by atoms with E-state index in [1.807, 2.05) is 0 Å². The smallest absolute Gasteiger partial charge is 0.387 e. The van der Waals surface area contributed by atoms with E-state index in [0.717, 1.165) is 16.4 Å². The first-order valence-electron chi connectivity index (χ1n) is 11.8. The van der Waals surface area contributed by atoms with Crippen molar-refractivity contribution in [3.63, 3.8) is 0 Å². The van der Waals surface area contributed by atoms with Crippen LogP contribution in [-0.2, 0) is 21.0 Å². The fourth-order valence-electron chi connectivity index (χ4n) is 4.62. The molecule has 0 aliphatic carbocycles. The van der Waals surface area contributed by atoms with Gasteiger partial charge in [0.25, 0.3) is 5.91 Å². The fourth-order valence-corrected chi connectivity index (χ4v) is 6.34. The van der Waals surface area contributed by atoms with Gasteiger partial charge in [0.2, 0.25) is 15.9 Å². The number of hydrogen-bond acceptors (Lipinski definition) is 5. The van der Waals surface area contributed by atoms with E-state index in [4.69, 9.17) is 0 Å². The van der Waals surface area contributed by atoms with Crippen LogP contribution in [0.1, 0.15) is 54.2 Å². The lowest BCUT2D eigenvalue weighted by Crippen LogP contribution is -2.61. The molecule has 0 spiro atoms. The maximum atomic E-state index is 13.3. The highest BCUT2D eigenvalue weighted by Crippen LogP contribution is 2.31. The summed E-state index contributed by atoms with van der Waals surface area (Å²) in [7, 11) is -3.89. The van der Waals surface area contributed by atoms with E-state index in [-0.39, 0.29) is 23.5 Å². The molecule has 2 aliphatic rings. The normalized spacial score (nSPS) is 20.8. The van der Waals surface area contributed by atoms with E-state index in [1.54, 1.807) is 6.92 Å². The predicted octanol–water partition coefficient (Wildman–Crippen LogP) is 2.94. The molecule has 2 atom stereocenters. The molecule has 8 nitrogen and oxygen atoms in total. The van der Waals surface area contributed by atoms with Crippen LogP contribution in [0.15, 0.2) is 53.4 Å². The second-order valence-corrected chi connectivity index (χ2v) is 11.7. The third-order valence-corrected chi connectivity index (χ3v) is 8.45. The predicted molar refractivity (Wildman–Crippen MR) is 128 cm³/mol. The van der Waals surface area contributed by atoms with Gasteiger partial charge in [-0.3, -0.25) is 9.59 Å². The number of aliphatic hydroxyl groups is 1. The maximum Gasteiger partial charge on any atom is 0.416 e. The van der Waals surface area contributed by atoms with E-state index in [2.05, 4.69) is 5.32 Å². The lowest BCUT2D eigenvalue weighted by Gasteiger charge is -2.42. The third kappa shape index (κ3) is 5.65. The van der Waals surface area contributed by atoms with Gasteiger partial charge < -0.3 is 15.3 Å². The monoisotopic (exact) mass is 539 g/mol. The number of benzene rings is 2. The van der Waals surface area contributed by atoms with Crippen molar-refractivity contribution in [1.82, 2.24) is 14.5 Å². The lowest BCUT2D eigenvalue weighted by molar-refractivity contribution is -0.137. The van der Waals surface area contributed by atoms with Crippen molar-refractivity contribution in [1.29, 1.82) is 0 Å². The average molecular weight is 540 g/mol. The highest BCUT2D eigenvalue weighted by atomic mass is 32.2. The molecule has 2 N–H and O–H groups in total. The summed E-state index contributed by atoms with van der Waals surface area (Å²) < 4.78 is 65.3. The number of β-amino-alcohol motifs (C(OH)–C–C–N with tert-alkyl or cyclic N) is 1. The van der Waals surface area contributed by atoms with Gasteiger partial charge in [-0.2, -0.15) is 17.5 Å². The summed E-state index contributed by atoms with van der Waals surface area (Å²) in [4.78, 5) is 27.6. The molecule has 4 rings (SSSR count). The van der Waals surface area contributed by atoms with E-state index in [0.29, 0.717) is 24.9 Å². The number of rotatable bonds is 6. The summed E-state index contributed by atoms with van der Waals surface area (Å²) in [5.74, 6) is -0.933. The molecule has 0 radical (unpaired) electrons. The van der Waals surface area contributed by atoms with Gasteiger partial charge in [-0.1, -0.05) is 18.2 Å². The molecule has 2 aliphatic heterocycles. The van der Waals surface area contributed by atoms with Crippen LogP contribution in [0.3, 0.4) is 0 Å². The number of carbonyl (C=O) groups is 2. The van der Waals surface area contributed by atoms with Gasteiger partial charge in [0, 0.05) is 25.2 Å². The number of carbonyl (C=O) groups excluding carboxylic acids is 2. The Morgan fingerprint density at radius 1 is 1.14 bits per heavy atom. The molecular formula is C25H28F3N3O5S. The number of alkyl halides is 3. The number of likely N-dealkylation sites (tertiary alicyclic amines) is 1. The molecule has 0 bridgehead atoms. The Morgan fingerprint density at radius 3 is 2.38 bits per heavy atom. The third-order valence-electron chi connectivity index (χ3n) is 6.67. The van der Waals surface area contributed by atoms with Crippen molar-refractivity contribution in [2.75, 3.05) is 19.6 Å². The van der Waals surface area contributed by atoms with Crippen LogP contribution < -0.4 is 5.32 Å². The van der Waals surface area contributed by atoms with Gasteiger partial charge in [-0.05, 0) is 62.6 Å². The van der Waals surface area contributed by atoms with Gasteiger partial charge in [0.15, 0.2) is 0 Å². The topological polar surface area (TPSA) is 107 Å². The van der Waals surface area contributed by atoms with Gasteiger partial charge in [0.05, 0.1) is 22.1 Å². The standard InChI is InChI=1S/C25H28F3N3O5S/c1-16(17-8-10-19(11-9-17)25(26,27)28)29-22(32)21-7-4-12-31(21)23(33)18-5-3-6-20(13-18)37(35,36)30-14-24(2,34)15-30/h3,5-6,8-11,13,16,21,34H,4,7,12,14-15H2,1-2H3,(H,29,32)/t16-,21-/m1/s1. The Hall–Kier alpha value is -2.96. The van der Waals surface area contributed by atoms with Crippen LogP contribution in [-0.4, -0.2) is 65.8 Å². The van der Waals surface area contributed by atoms with Crippen LogP contribution in [0.5, 0.6) is 0 Å². The fraction of sp³-hybridized carbons (Fsp3) is 0.440. The number of nitrogens with one attached hydrogen (secondary N) is 1. The first-order chi connectivity index (χ1) is 17.2. The Balaban J connectivity index is 1.45. The Kier molecular flexibility index (Phi) is 7.12. The van der Waals surface area contributed by atoms with Crippen molar-refractivity contribution < 1.29 is 36.3 Å². The zero-order chi connectivity index (χ0) is 27.2. The van der Waals surface area contributed by atoms with Crippen molar-refractivity contribution in [2.24, 2.45) is 0 Å². The molecule has 2 aromatic carbocycles. The van der Waals surface area contributed by atoms with Gasteiger partial charge in [-0.15, -0.1) is 0 Å².